The average Bonchev–Trinajstić information content (AvgIpc) is 2.59. The van der Waals surface area contributed by atoms with E-state index >= 15 is 0 Å². The molecule has 1 aromatic carbocycles. The summed E-state index contributed by atoms with van der Waals surface area (Å²) in [5.41, 5.74) is 2.99. The van der Waals surface area contributed by atoms with E-state index in [2.05, 4.69) is 24.1 Å². The molecule has 0 N–H and O–H groups in total. The van der Waals surface area contributed by atoms with E-state index in [1.54, 1.807) is 0 Å². The fraction of sp³-hybridized carbons (Fsp3) is 0.450. The van der Waals surface area contributed by atoms with Gasteiger partial charge in [-0.05, 0) is 38.0 Å². The number of ether oxygens (including phenoxy) is 1. The molecule has 0 saturated carbocycles. The number of nitrogens with zero attached hydrogens (tertiary/aromatic N) is 3. The topological polar surface area (TPSA) is 69.2 Å². The second-order valence-corrected chi connectivity index (χ2v) is 6.07. The lowest BCUT2D eigenvalue weighted by atomic mass is 9.77. The summed E-state index contributed by atoms with van der Waals surface area (Å²) in [7, 11) is 0. The third kappa shape index (κ3) is 3.84. The Bertz CT molecular complexity index is 717. The molecule has 1 aliphatic heterocycles. The molecule has 2 rings (SSSR count). The number of nitriles is 2. The van der Waals surface area contributed by atoms with Crippen molar-refractivity contribution in [3.8, 4) is 17.9 Å². The van der Waals surface area contributed by atoms with Crippen LogP contribution in [0.15, 0.2) is 40.5 Å². The van der Waals surface area contributed by atoms with Crippen LogP contribution in [0.4, 0.5) is 0 Å². The Balaban J connectivity index is 2.22. The monoisotopic (exact) mass is 321 g/mol. The predicted octanol–water partition coefficient (Wildman–Crippen LogP) is 4.75. The molecule has 0 bridgehead atoms. The van der Waals surface area contributed by atoms with Crippen molar-refractivity contribution < 1.29 is 4.74 Å². The summed E-state index contributed by atoms with van der Waals surface area (Å²) in [6, 6.07) is 12.3. The largest absolute Gasteiger partial charge is 0.494 e. The molecule has 24 heavy (non-hydrogen) atoms. The molecule has 1 aromatic rings. The molecule has 4 heteroatoms. The Hall–Kier alpha value is -2.59. The third-order valence-electron chi connectivity index (χ3n) is 4.34. The van der Waals surface area contributed by atoms with Gasteiger partial charge in [0.1, 0.15) is 5.75 Å². The van der Waals surface area contributed by atoms with E-state index in [1.165, 1.54) is 6.42 Å². The van der Waals surface area contributed by atoms with E-state index in [0.717, 1.165) is 29.9 Å². The number of rotatable bonds is 6. The average molecular weight is 321 g/mol. The van der Waals surface area contributed by atoms with Crippen LogP contribution in [0.2, 0.25) is 0 Å². The maximum atomic E-state index is 9.53. The van der Waals surface area contributed by atoms with Crippen molar-refractivity contribution >= 4 is 5.71 Å². The van der Waals surface area contributed by atoms with Crippen molar-refractivity contribution in [1.29, 1.82) is 10.5 Å². The molecule has 0 aliphatic carbocycles. The first-order valence-corrected chi connectivity index (χ1v) is 8.40. The number of unbranched alkanes of at least 4 members (excludes halogenated alkanes) is 2. The van der Waals surface area contributed by atoms with E-state index in [4.69, 9.17) is 4.74 Å². The molecule has 124 valence electrons. The van der Waals surface area contributed by atoms with E-state index < -0.39 is 5.92 Å². The lowest BCUT2D eigenvalue weighted by molar-refractivity contribution is 0.306. The minimum atomic E-state index is -0.403. The lowest BCUT2D eigenvalue weighted by Crippen LogP contribution is -2.24. The molecule has 0 aromatic heterocycles. The van der Waals surface area contributed by atoms with Crippen molar-refractivity contribution in [1.82, 2.24) is 0 Å². The molecule has 0 fully saturated rings. The van der Waals surface area contributed by atoms with Gasteiger partial charge >= 0.3 is 0 Å². The Morgan fingerprint density at radius 1 is 1.12 bits per heavy atom. The predicted molar refractivity (Wildman–Crippen MR) is 94.7 cm³/mol. The molecular formula is C20H23N3O. The molecule has 4 nitrogen and oxygen atoms in total. The first-order valence-electron chi connectivity index (χ1n) is 8.40. The van der Waals surface area contributed by atoms with Gasteiger partial charge in [-0.1, -0.05) is 31.9 Å². The zero-order valence-electron chi connectivity index (χ0n) is 14.5. The zero-order chi connectivity index (χ0) is 17.5. The molecular weight excluding hydrogens is 298 g/mol. The summed E-state index contributed by atoms with van der Waals surface area (Å²) >= 11 is 0. The van der Waals surface area contributed by atoms with Gasteiger partial charge in [-0.3, -0.25) is 4.99 Å². The zero-order valence-corrected chi connectivity index (χ0v) is 14.5. The summed E-state index contributed by atoms with van der Waals surface area (Å²) in [5, 5.41) is 19.0. The number of hydrogen-bond donors (Lipinski definition) is 0. The van der Waals surface area contributed by atoms with Gasteiger partial charge in [0.05, 0.1) is 35.9 Å². The van der Waals surface area contributed by atoms with Gasteiger partial charge in [0.25, 0.3) is 0 Å². The van der Waals surface area contributed by atoms with Crippen LogP contribution in [-0.4, -0.2) is 12.3 Å². The highest BCUT2D eigenvalue weighted by atomic mass is 16.5. The maximum absolute atomic E-state index is 9.53. The lowest BCUT2D eigenvalue weighted by Gasteiger charge is -2.26. The standard InChI is InChI=1S/C20H23N3O/c1-4-5-6-11-24-17-9-7-16(8-10-17)20-18(12-21)14(2)23-15(3)19(20)13-22/h7-10,18,20H,4-6,11H2,1-3H3/t18?,20-/m1/s1. The van der Waals surface area contributed by atoms with Crippen LogP contribution in [0, 0.1) is 28.6 Å². The summed E-state index contributed by atoms with van der Waals surface area (Å²) in [6.07, 6.45) is 3.38. The molecule has 1 heterocycles. The van der Waals surface area contributed by atoms with E-state index in [9.17, 15) is 10.5 Å². The van der Waals surface area contributed by atoms with Crippen molar-refractivity contribution in [2.24, 2.45) is 10.9 Å². The first kappa shape index (κ1) is 17.8. The molecule has 1 unspecified atom stereocenters. The number of benzene rings is 1. The first-order chi connectivity index (χ1) is 11.6. The Labute approximate surface area is 144 Å². The smallest absolute Gasteiger partial charge is 0.119 e. The van der Waals surface area contributed by atoms with Crippen LogP contribution in [-0.2, 0) is 0 Å². The Kier molecular flexibility index (Phi) is 6.15. The summed E-state index contributed by atoms with van der Waals surface area (Å²) < 4.78 is 5.73. The van der Waals surface area contributed by atoms with Crippen molar-refractivity contribution in [2.45, 2.75) is 46.0 Å². The van der Waals surface area contributed by atoms with Crippen LogP contribution in [0.5, 0.6) is 5.75 Å². The van der Waals surface area contributed by atoms with Crippen LogP contribution >= 0.6 is 0 Å². The van der Waals surface area contributed by atoms with Gasteiger partial charge < -0.3 is 4.74 Å². The van der Waals surface area contributed by atoms with Gasteiger partial charge in [-0.15, -0.1) is 0 Å². The quantitative estimate of drug-likeness (QED) is 0.710. The Morgan fingerprint density at radius 3 is 2.42 bits per heavy atom. The number of hydrogen-bond acceptors (Lipinski definition) is 4. The summed E-state index contributed by atoms with van der Waals surface area (Å²) in [6.45, 7) is 6.56. The maximum Gasteiger partial charge on any atom is 0.119 e. The van der Waals surface area contributed by atoms with Crippen LogP contribution in [0.3, 0.4) is 0 Å². The van der Waals surface area contributed by atoms with Crippen molar-refractivity contribution in [3.63, 3.8) is 0 Å². The second kappa shape index (κ2) is 8.31. The highest BCUT2D eigenvalue weighted by Crippen LogP contribution is 2.38. The van der Waals surface area contributed by atoms with Gasteiger partial charge in [0, 0.05) is 11.6 Å². The van der Waals surface area contributed by atoms with Crippen molar-refractivity contribution in [3.05, 3.63) is 41.1 Å². The van der Waals surface area contributed by atoms with Crippen LogP contribution < -0.4 is 4.74 Å². The van der Waals surface area contributed by atoms with Crippen LogP contribution in [0.1, 0.15) is 51.5 Å². The fourth-order valence-corrected chi connectivity index (χ4v) is 3.02. The highest BCUT2D eigenvalue weighted by Gasteiger charge is 2.33. The minimum absolute atomic E-state index is 0.258. The summed E-state index contributed by atoms with van der Waals surface area (Å²) in [5.74, 6) is 0.162. The second-order valence-electron chi connectivity index (χ2n) is 6.07. The molecule has 0 radical (unpaired) electrons. The van der Waals surface area contributed by atoms with Crippen LogP contribution in [0.25, 0.3) is 0 Å². The molecule has 0 spiro atoms. The highest BCUT2D eigenvalue weighted by molar-refractivity contribution is 5.90. The number of allylic oxidation sites excluding steroid dienone is 2. The Morgan fingerprint density at radius 2 is 1.83 bits per heavy atom. The van der Waals surface area contributed by atoms with Gasteiger partial charge in [-0.25, -0.2) is 0 Å². The van der Waals surface area contributed by atoms with Gasteiger partial charge in [-0.2, -0.15) is 10.5 Å². The normalized spacial score (nSPS) is 20.1. The molecule has 0 amide bonds. The van der Waals surface area contributed by atoms with E-state index in [-0.39, 0.29) is 5.92 Å². The molecule has 2 atom stereocenters. The molecule has 0 saturated heterocycles. The van der Waals surface area contributed by atoms with E-state index in [1.807, 2.05) is 38.1 Å². The van der Waals surface area contributed by atoms with Gasteiger partial charge in [0.2, 0.25) is 0 Å². The third-order valence-corrected chi connectivity index (χ3v) is 4.34. The number of aliphatic imine (C=N–C) groups is 1. The van der Waals surface area contributed by atoms with Crippen molar-refractivity contribution in [2.75, 3.05) is 6.61 Å². The molecule has 1 aliphatic rings. The summed E-state index contributed by atoms with van der Waals surface area (Å²) in [4.78, 5) is 4.37. The van der Waals surface area contributed by atoms with Gasteiger partial charge in [0.15, 0.2) is 0 Å². The SMILES string of the molecule is CCCCCOc1ccc([C@H]2C(C#N)=C(C)N=C(C)C2C#N)cc1. The minimum Gasteiger partial charge on any atom is -0.494 e. The fourth-order valence-electron chi connectivity index (χ4n) is 3.02. The van der Waals surface area contributed by atoms with E-state index in [0.29, 0.717) is 17.9 Å².